The highest BCUT2D eigenvalue weighted by Crippen LogP contribution is 2.24. The first-order valence-electron chi connectivity index (χ1n) is 7.54. The summed E-state index contributed by atoms with van der Waals surface area (Å²) in [6.07, 6.45) is 9.73. The van der Waals surface area contributed by atoms with Gasteiger partial charge in [0.05, 0.1) is 0 Å². The SMILES string of the molecule is COC(CCCCCCCCC(C)(C)C)(OC)OC. The summed E-state index contributed by atoms with van der Waals surface area (Å²) in [5, 5.41) is 0. The Balaban J connectivity index is 3.50. The number of hydrogen-bond donors (Lipinski definition) is 0. The van der Waals surface area contributed by atoms with Gasteiger partial charge in [-0.05, 0) is 18.3 Å². The quantitative estimate of drug-likeness (QED) is 0.402. The van der Waals surface area contributed by atoms with E-state index in [0.29, 0.717) is 5.41 Å². The molecule has 0 bridgehead atoms. The van der Waals surface area contributed by atoms with Crippen LogP contribution in [0.4, 0.5) is 0 Å². The summed E-state index contributed by atoms with van der Waals surface area (Å²) < 4.78 is 15.8. The first-order valence-corrected chi connectivity index (χ1v) is 7.54. The van der Waals surface area contributed by atoms with Crippen molar-refractivity contribution >= 4 is 0 Å². The molecule has 0 atom stereocenters. The van der Waals surface area contributed by atoms with Crippen LogP contribution in [0.3, 0.4) is 0 Å². The molecule has 0 unspecified atom stereocenters. The molecule has 19 heavy (non-hydrogen) atoms. The predicted molar refractivity (Wildman–Crippen MR) is 80.1 cm³/mol. The molecule has 0 aromatic carbocycles. The van der Waals surface area contributed by atoms with Crippen molar-refractivity contribution in [3.05, 3.63) is 0 Å². The maximum absolute atomic E-state index is 5.27. The van der Waals surface area contributed by atoms with Crippen LogP contribution in [0, 0.1) is 5.41 Å². The molecule has 0 saturated carbocycles. The average molecular weight is 274 g/mol. The van der Waals surface area contributed by atoms with Gasteiger partial charge in [0.2, 0.25) is 0 Å². The predicted octanol–water partition coefficient (Wildman–Crippen LogP) is 4.75. The summed E-state index contributed by atoms with van der Waals surface area (Å²) in [4.78, 5) is 0. The fourth-order valence-electron chi connectivity index (χ4n) is 2.26. The molecule has 0 aliphatic heterocycles. The lowest BCUT2D eigenvalue weighted by molar-refractivity contribution is -0.355. The van der Waals surface area contributed by atoms with E-state index in [1.807, 2.05) is 0 Å². The minimum absolute atomic E-state index is 0.481. The molecule has 0 rings (SSSR count). The van der Waals surface area contributed by atoms with Gasteiger partial charge in [0, 0.05) is 27.8 Å². The van der Waals surface area contributed by atoms with Crippen LogP contribution in [-0.4, -0.2) is 27.3 Å². The summed E-state index contributed by atoms with van der Waals surface area (Å²) in [5.74, 6) is -0.841. The van der Waals surface area contributed by atoms with E-state index in [1.165, 1.54) is 38.5 Å². The second-order valence-corrected chi connectivity index (χ2v) is 6.48. The van der Waals surface area contributed by atoms with Gasteiger partial charge in [-0.3, -0.25) is 0 Å². The largest absolute Gasteiger partial charge is 0.331 e. The Bertz CT molecular complexity index is 196. The van der Waals surface area contributed by atoms with Crippen molar-refractivity contribution in [2.45, 2.75) is 78.1 Å². The second kappa shape index (κ2) is 9.73. The van der Waals surface area contributed by atoms with Gasteiger partial charge in [-0.2, -0.15) is 0 Å². The molecule has 116 valence electrons. The molecule has 0 aliphatic rings. The lowest BCUT2D eigenvalue weighted by atomic mass is 9.89. The van der Waals surface area contributed by atoms with Crippen molar-refractivity contribution in [3.63, 3.8) is 0 Å². The van der Waals surface area contributed by atoms with Gasteiger partial charge in [-0.15, -0.1) is 0 Å². The van der Waals surface area contributed by atoms with Crippen LogP contribution in [-0.2, 0) is 14.2 Å². The van der Waals surface area contributed by atoms with Crippen molar-refractivity contribution in [2.24, 2.45) is 5.41 Å². The minimum Gasteiger partial charge on any atom is -0.331 e. The normalized spacial score (nSPS) is 12.9. The minimum atomic E-state index is -0.841. The van der Waals surface area contributed by atoms with Crippen molar-refractivity contribution in [1.29, 1.82) is 0 Å². The first-order chi connectivity index (χ1) is 8.89. The van der Waals surface area contributed by atoms with E-state index in [2.05, 4.69) is 20.8 Å². The number of unbranched alkanes of at least 4 members (excludes halogenated alkanes) is 5. The molecule has 3 nitrogen and oxygen atoms in total. The Kier molecular flexibility index (Phi) is 9.67. The zero-order valence-corrected chi connectivity index (χ0v) is 13.9. The fraction of sp³-hybridized carbons (Fsp3) is 1.00. The van der Waals surface area contributed by atoms with E-state index in [4.69, 9.17) is 14.2 Å². The van der Waals surface area contributed by atoms with Crippen LogP contribution >= 0.6 is 0 Å². The maximum atomic E-state index is 5.27. The molecule has 0 fully saturated rings. The Morgan fingerprint density at radius 1 is 0.579 bits per heavy atom. The van der Waals surface area contributed by atoms with Gasteiger partial charge in [-0.25, -0.2) is 0 Å². The summed E-state index contributed by atoms with van der Waals surface area (Å²) in [7, 11) is 4.87. The lowest BCUT2D eigenvalue weighted by Crippen LogP contribution is -2.35. The van der Waals surface area contributed by atoms with Crippen molar-refractivity contribution in [3.8, 4) is 0 Å². The zero-order valence-electron chi connectivity index (χ0n) is 13.9. The van der Waals surface area contributed by atoms with Gasteiger partial charge < -0.3 is 14.2 Å². The van der Waals surface area contributed by atoms with Crippen LogP contribution in [0.5, 0.6) is 0 Å². The third kappa shape index (κ3) is 9.42. The van der Waals surface area contributed by atoms with E-state index in [-0.39, 0.29) is 0 Å². The second-order valence-electron chi connectivity index (χ2n) is 6.48. The number of ether oxygens (including phenoxy) is 3. The highest BCUT2D eigenvalue weighted by Gasteiger charge is 2.28. The molecule has 0 radical (unpaired) electrons. The van der Waals surface area contributed by atoms with Crippen molar-refractivity contribution < 1.29 is 14.2 Å². The number of methoxy groups -OCH3 is 3. The summed E-state index contributed by atoms with van der Waals surface area (Å²) in [6.45, 7) is 6.94. The van der Waals surface area contributed by atoms with Gasteiger partial charge in [-0.1, -0.05) is 52.9 Å². The van der Waals surface area contributed by atoms with E-state index in [1.54, 1.807) is 21.3 Å². The standard InChI is InChI=1S/C16H34O3/c1-15(2,3)13-11-9-7-8-10-12-14-16(17-4,18-5)19-6/h7-14H2,1-6H3. The highest BCUT2D eigenvalue weighted by molar-refractivity contribution is 4.61. The van der Waals surface area contributed by atoms with Crippen LogP contribution in [0.25, 0.3) is 0 Å². The van der Waals surface area contributed by atoms with Gasteiger partial charge in [0.25, 0.3) is 5.97 Å². The van der Waals surface area contributed by atoms with E-state index in [9.17, 15) is 0 Å². The molecule has 0 aromatic rings. The molecule has 0 aromatic heterocycles. The highest BCUT2D eigenvalue weighted by atomic mass is 16.9. The molecule has 3 heteroatoms. The van der Waals surface area contributed by atoms with Crippen LogP contribution < -0.4 is 0 Å². The van der Waals surface area contributed by atoms with E-state index >= 15 is 0 Å². The molecule has 0 amide bonds. The summed E-state index contributed by atoms with van der Waals surface area (Å²) >= 11 is 0. The Morgan fingerprint density at radius 2 is 0.947 bits per heavy atom. The van der Waals surface area contributed by atoms with Crippen molar-refractivity contribution in [2.75, 3.05) is 21.3 Å². The Hall–Kier alpha value is -0.120. The molecule has 0 N–H and O–H groups in total. The monoisotopic (exact) mass is 274 g/mol. The molecular formula is C16H34O3. The van der Waals surface area contributed by atoms with Gasteiger partial charge in [0.15, 0.2) is 0 Å². The van der Waals surface area contributed by atoms with Crippen LogP contribution in [0.15, 0.2) is 0 Å². The van der Waals surface area contributed by atoms with Gasteiger partial charge in [0.1, 0.15) is 0 Å². The molecular weight excluding hydrogens is 240 g/mol. The Morgan fingerprint density at radius 3 is 1.32 bits per heavy atom. The van der Waals surface area contributed by atoms with E-state index < -0.39 is 5.97 Å². The zero-order chi connectivity index (χ0) is 14.8. The van der Waals surface area contributed by atoms with Gasteiger partial charge >= 0.3 is 0 Å². The third-order valence-electron chi connectivity index (χ3n) is 3.59. The molecule has 0 saturated heterocycles. The Labute approximate surface area is 120 Å². The maximum Gasteiger partial charge on any atom is 0.282 e. The van der Waals surface area contributed by atoms with Crippen molar-refractivity contribution in [1.82, 2.24) is 0 Å². The summed E-state index contributed by atoms with van der Waals surface area (Å²) in [5.41, 5.74) is 0.481. The van der Waals surface area contributed by atoms with Crippen LogP contribution in [0.2, 0.25) is 0 Å². The number of rotatable bonds is 11. The fourth-order valence-corrected chi connectivity index (χ4v) is 2.26. The number of hydrogen-bond acceptors (Lipinski definition) is 3. The van der Waals surface area contributed by atoms with Crippen LogP contribution in [0.1, 0.15) is 72.1 Å². The molecule has 0 aliphatic carbocycles. The smallest absolute Gasteiger partial charge is 0.282 e. The molecule has 0 heterocycles. The lowest BCUT2D eigenvalue weighted by Gasteiger charge is -2.28. The topological polar surface area (TPSA) is 27.7 Å². The average Bonchev–Trinajstić information content (AvgIpc) is 2.37. The first kappa shape index (κ1) is 18.9. The third-order valence-corrected chi connectivity index (χ3v) is 3.59. The summed E-state index contributed by atoms with van der Waals surface area (Å²) in [6, 6.07) is 0. The van der Waals surface area contributed by atoms with E-state index in [0.717, 1.165) is 12.8 Å². The molecule has 0 spiro atoms.